The summed E-state index contributed by atoms with van der Waals surface area (Å²) in [6.07, 6.45) is 6.43. The van der Waals surface area contributed by atoms with Gasteiger partial charge in [-0.25, -0.2) is 0 Å². The molecule has 0 unspecified atom stereocenters. The summed E-state index contributed by atoms with van der Waals surface area (Å²) in [7, 11) is 2.01. The highest BCUT2D eigenvalue weighted by molar-refractivity contribution is 5.79. The topological polar surface area (TPSA) is 29.5 Å². The van der Waals surface area contributed by atoms with E-state index in [1.165, 1.54) is 18.4 Å². The van der Waals surface area contributed by atoms with Crippen LogP contribution in [0.25, 0.3) is 0 Å². The predicted octanol–water partition coefficient (Wildman–Crippen LogP) is 3.60. The summed E-state index contributed by atoms with van der Waals surface area (Å²) in [5.41, 5.74) is 1.46. The second-order valence-electron chi connectivity index (χ2n) is 6.75. The monoisotopic (exact) mass is 301 g/mol. The van der Waals surface area contributed by atoms with Gasteiger partial charge in [-0.2, -0.15) is 0 Å². The Morgan fingerprint density at radius 3 is 2.27 bits per heavy atom. The Morgan fingerprint density at radius 1 is 1.00 bits per heavy atom. The lowest BCUT2D eigenvalue weighted by Gasteiger charge is -2.37. The van der Waals surface area contributed by atoms with Crippen LogP contribution in [0.5, 0.6) is 0 Å². The van der Waals surface area contributed by atoms with Crippen LogP contribution in [0, 0.1) is 5.92 Å². The molecule has 3 rings (SSSR count). The number of hydrogen-bond donors (Lipinski definition) is 0. The fourth-order valence-corrected chi connectivity index (χ4v) is 3.93. The van der Waals surface area contributed by atoms with Crippen LogP contribution in [0.3, 0.4) is 0 Å². The Morgan fingerprint density at radius 2 is 1.64 bits per heavy atom. The van der Waals surface area contributed by atoms with Gasteiger partial charge in [0.1, 0.15) is 0 Å². The SMILES string of the molecule is CN(C(=O)C1CCOCC1)C1CCC(c2ccccc2)CC1. The predicted molar refractivity (Wildman–Crippen MR) is 87.8 cm³/mol. The number of rotatable bonds is 3. The summed E-state index contributed by atoms with van der Waals surface area (Å²) in [4.78, 5) is 14.7. The first kappa shape index (κ1) is 15.5. The van der Waals surface area contributed by atoms with Crippen molar-refractivity contribution in [3.05, 3.63) is 35.9 Å². The molecule has 22 heavy (non-hydrogen) atoms. The molecular weight excluding hydrogens is 274 g/mol. The number of carbonyl (C=O) groups is 1. The third kappa shape index (κ3) is 3.52. The smallest absolute Gasteiger partial charge is 0.225 e. The van der Waals surface area contributed by atoms with Gasteiger partial charge in [0.15, 0.2) is 0 Å². The van der Waals surface area contributed by atoms with Crippen LogP contribution in [0.2, 0.25) is 0 Å². The third-order valence-electron chi connectivity index (χ3n) is 5.43. The van der Waals surface area contributed by atoms with Gasteiger partial charge in [0, 0.05) is 32.2 Å². The summed E-state index contributed by atoms with van der Waals surface area (Å²) < 4.78 is 5.37. The number of benzene rings is 1. The van der Waals surface area contributed by atoms with E-state index in [-0.39, 0.29) is 5.92 Å². The zero-order valence-electron chi connectivity index (χ0n) is 13.5. The Bertz CT molecular complexity index is 473. The van der Waals surface area contributed by atoms with Crippen molar-refractivity contribution in [1.82, 2.24) is 4.90 Å². The maximum absolute atomic E-state index is 12.6. The molecule has 2 fully saturated rings. The van der Waals surface area contributed by atoms with Crippen LogP contribution < -0.4 is 0 Å². The van der Waals surface area contributed by atoms with Gasteiger partial charge in [0.2, 0.25) is 5.91 Å². The molecule has 0 aromatic heterocycles. The first-order chi connectivity index (χ1) is 10.8. The highest BCUT2D eigenvalue weighted by Gasteiger charge is 2.31. The second kappa shape index (κ2) is 7.28. The molecule has 0 N–H and O–H groups in total. The Balaban J connectivity index is 1.53. The summed E-state index contributed by atoms with van der Waals surface area (Å²) in [5, 5.41) is 0. The van der Waals surface area contributed by atoms with Gasteiger partial charge in [-0.15, -0.1) is 0 Å². The molecule has 1 saturated carbocycles. The molecule has 3 heteroatoms. The molecule has 0 spiro atoms. The van der Waals surface area contributed by atoms with Crippen molar-refractivity contribution < 1.29 is 9.53 Å². The number of hydrogen-bond acceptors (Lipinski definition) is 2. The molecule has 1 aliphatic heterocycles. The number of amides is 1. The molecular formula is C19H27NO2. The number of ether oxygens (including phenoxy) is 1. The standard InChI is InChI=1S/C19H27NO2/c1-20(19(21)17-11-13-22-14-12-17)18-9-7-16(8-10-18)15-5-3-2-4-6-15/h2-6,16-18H,7-14H2,1H3. The zero-order valence-corrected chi connectivity index (χ0v) is 13.5. The van der Waals surface area contributed by atoms with Gasteiger partial charge >= 0.3 is 0 Å². The van der Waals surface area contributed by atoms with Gasteiger partial charge in [-0.3, -0.25) is 4.79 Å². The van der Waals surface area contributed by atoms with E-state index in [1.807, 2.05) is 11.9 Å². The molecule has 1 aliphatic carbocycles. The van der Waals surface area contributed by atoms with Crippen LogP contribution in [0.4, 0.5) is 0 Å². The Hall–Kier alpha value is -1.35. The second-order valence-corrected chi connectivity index (χ2v) is 6.75. The summed E-state index contributed by atoms with van der Waals surface area (Å²) in [6.45, 7) is 1.48. The number of carbonyl (C=O) groups excluding carboxylic acids is 1. The minimum Gasteiger partial charge on any atom is -0.381 e. The van der Waals surface area contributed by atoms with Crippen LogP contribution in [-0.4, -0.2) is 37.1 Å². The summed E-state index contributed by atoms with van der Waals surface area (Å²) >= 11 is 0. The summed E-state index contributed by atoms with van der Waals surface area (Å²) in [6, 6.07) is 11.2. The highest BCUT2D eigenvalue weighted by atomic mass is 16.5. The lowest BCUT2D eigenvalue weighted by molar-refractivity contribution is -0.140. The molecule has 1 aromatic rings. The van der Waals surface area contributed by atoms with Gasteiger partial charge < -0.3 is 9.64 Å². The van der Waals surface area contributed by atoms with Crippen LogP contribution in [0.15, 0.2) is 30.3 Å². The lowest BCUT2D eigenvalue weighted by Crippen LogP contribution is -2.43. The largest absolute Gasteiger partial charge is 0.381 e. The van der Waals surface area contributed by atoms with E-state index in [0.717, 1.165) is 38.9 Å². The van der Waals surface area contributed by atoms with E-state index in [2.05, 4.69) is 30.3 Å². The maximum atomic E-state index is 12.6. The molecule has 3 nitrogen and oxygen atoms in total. The van der Waals surface area contributed by atoms with Crippen LogP contribution in [0.1, 0.15) is 50.0 Å². The van der Waals surface area contributed by atoms with Crippen molar-refractivity contribution in [3.8, 4) is 0 Å². The molecule has 120 valence electrons. The van der Waals surface area contributed by atoms with Crippen molar-refractivity contribution in [2.75, 3.05) is 20.3 Å². The Labute approximate surface area is 133 Å². The lowest BCUT2D eigenvalue weighted by atomic mass is 9.81. The van der Waals surface area contributed by atoms with Crippen LogP contribution in [-0.2, 0) is 9.53 Å². The van der Waals surface area contributed by atoms with E-state index in [1.54, 1.807) is 0 Å². The minimum absolute atomic E-state index is 0.186. The average molecular weight is 301 g/mol. The molecule has 1 aromatic carbocycles. The molecule has 0 atom stereocenters. The average Bonchev–Trinajstić information content (AvgIpc) is 2.62. The first-order valence-electron chi connectivity index (χ1n) is 8.65. The van der Waals surface area contributed by atoms with Gasteiger partial charge in [-0.1, -0.05) is 30.3 Å². The molecule has 0 radical (unpaired) electrons. The fourth-order valence-electron chi connectivity index (χ4n) is 3.93. The van der Waals surface area contributed by atoms with Crippen molar-refractivity contribution >= 4 is 5.91 Å². The van der Waals surface area contributed by atoms with Gasteiger partial charge in [-0.05, 0) is 50.0 Å². The normalized spacial score (nSPS) is 26.6. The molecule has 1 amide bonds. The molecule has 1 saturated heterocycles. The molecule has 2 aliphatic rings. The van der Waals surface area contributed by atoms with E-state index in [0.29, 0.717) is 17.9 Å². The molecule has 0 bridgehead atoms. The first-order valence-corrected chi connectivity index (χ1v) is 8.65. The van der Waals surface area contributed by atoms with Crippen molar-refractivity contribution in [1.29, 1.82) is 0 Å². The highest BCUT2D eigenvalue weighted by Crippen LogP contribution is 2.35. The third-order valence-corrected chi connectivity index (χ3v) is 5.43. The minimum atomic E-state index is 0.186. The van der Waals surface area contributed by atoms with Crippen molar-refractivity contribution in [3.63, 3.8) is 0 Å². The number of nitrogens with zero attached hydrogens (tertiary/aromatic N) is 1. The Kier molecular flexibility index (Phi) is 5.14. The van der Waals surface area contributed by atoms with Crippen LogP contribution >= 0.6 is 0 Å². The van der Waals surface area contributed by atoms with E-state index >= 15 is 0 Å². The molecule has 1 heterocycles. The van der Waals surface area contributed by atoms with Crippen molar-refractivity contribution in [2.24, 2.45) is 5.92 Å². The van der Waals surface area contributed by atoms with Gasteiger partial charge in [0.25, 0.3) is 0 Å². The van der Waals surface area contributed by atoms with E-state index in [4.69, 9.17) is 4.74 Å². The summed E-state index contributed by atoms with van der Waals surface area (Å²) in [5.74, 6) is 1.20. The maximum Gasteiger partial charge on any atom is 0.225 e. The van der Waals surface area contributed by atoms with E-state index in [9.17, 15) is 4.79 Å². The van der Waals surface area contributed by atoms with E-state index < -0.39 is 0 Å². The zero-order chi connectivity index (χ0) is 15.4. The fraction of sp³-hybridized carbons (Fsp3) is 0.632. The van der Waals surface area contributed by atoms with Gasteiger partial charge in [0.05, 0.1) is 0 Å². The quantitative estimate of drug-likeness (QED) is 0.853. The van der Waals surface area contributed by atoms with Crippen molar-refractivity contribution in [2.45, 2.75) is 50.5 Å².